The smallest absolute Gasteiger partial charge is 0.247 e. The molecule has 0 radical (unpaired) electrons. The van der Waals surface area contributed by atoms with E-state index in [-0.39, 0.29) is 17.7 Å². The van der Waals surface area contributed by atoms with Crippen molar-refractivity contribution in [3.8, 4) is 0 Å². The molecule has 2 aromatic heterocycles. The summed E-state index contributed by atoms with van der Waals surface area (Å²) < 4.78 is 1.73. The van der Waals surface area contributed by atoms with Crippen LogP contribution in [0.15, 0.2) is 36.8 Å². The molecule has 1 unspecified atom stereocenters. The van der Waals surface area contributed by atoms with E-state index in [1.807, 2.05) is 32.0 Å². The van der Waals surface area contributed by atoms with Crippen LogP contribution in [-0.2, 0) is 16.1 Å². The predicted octanol–water partition coefficient (Wildman–Crippen LogP) is 1.91. The lowest BCUT2D eigenvalue weighted by Crippen LogP contribution is -2.47. The standard InChI is InChI=1S/C18H23N5O2/c1-13(2)17(23-9-5-7-16(23)24)18(25)21-15-10-20-22(12-15)11-14-6-3-4-8-19-14/h3-4,6,8,10,12-13,17H,5,7,9,11H2,1-2H3,(H,21,25). The SMILES string of the molecule is CC(C)C(C(=O)Nc1cnn(Cc2ccccn2)c1)N1CCCC1=O. The quantitative estimate of drug-likeness (QED) is 0.870. The number of rotatable bonds is 6. The molecule has 3 rings (SSSR count). The topological polar surface area (TPSA) is 80.1 Å². The number of anilines is 1. The van der Waals surface area contributed by atoms with Gasteiger partial charge in [0.15, 0.2) is 0 Å². The van der Waals surface area contributed by atoms with Crippen molar-refractivity contribution in [1.82, 2.24) is 19.7 Å². The second-order valence-electron chi connectivity index (χ2n) is 6.62. The summed E-state index contributed by atoms with van der Waals surface area (Å²) in [5, 5.41) is 7.15. The monoisotopic (exact) mass is 341 g/mol. The zero-order chi connectivity index (χ0) is 17.8. The van der Waals surface area contributed by atoms with Crippen molar-refractivity contribution in [3.63, 3.8) is 0 Å². The number of likely N-dealkylation sites (tertiary alicyclic amines) is 1. The Morgan fingerprint density at radius 3 is 2.84 bits per heavy atom. The summed E-state index contributed by atoms with van der Waals surface area (Å²) in [6, 6.07) is 5.26. The van der Waals surface area contributed by atoms with Crippen molar-refractivity contribution in [2.75, 3.05) is 11.9 Å². The molecule has 1 atom stereocenters. The predicted molar refractivity (Wildman–Crippen MR) is 93.8 cm³/mol. The van der Waals surface area contributed by atoms with Gasteiger partial charge in [0.05, 0.1) is 24.1 Å². The van der Waals surface area contributed by atoms with Crippen LogP contribution in [0.4, 0.5) is 5.69 Å². The van der Waals surface area contributed by atoms with E-state index < -0.39 is 6.04 Å². The number of hydrogen-bond donors (Lipinski definition) is 1. The molecule has 7 nitrogen and oxygen atoms in total. The van der Waals surface area contributed by atoms with Crippen molar-refractivity contribution in [2.45, 2.75) is 39.3 Å². The molecule has 1 saturated heterocycles. The van der Waals surface area contributed by atoms with E-state index >= 15 is 0 Å². The highest BCUT2D eigenvalue weighted by Gasteiger charge is 2.35. The van der Waals surface area contributed by atoms with Gasteiger partial charge in [0.25, 0.3) is 0 Å². The molecule has 1 fully saturated rings. The van der Waals surface area contributed by atoms with Gasteiger partial charge in [0.2, 0.25) is 11.8 Å². The van der Waals surface area contributed by atoms with Crippen molar-refractivity contribution < 1.29 is 9.59 Å². The minimum atomic E-state index is -0.450. The average molecular weight is 341 g/mol. The molecule has 2 amide bonds. The molecule has 1 aliphatic heterocycles. The van der Waals surface area contributed by atoms with Crippen LogP contribution in [0.25, 0.3) is 0 Å². The number of hydrogen-bond acceptors (Lipinski definition) is 4. The van der Waals surface area contributed by atoms with E-state index in [2.05, 4.69) is 15.4 Å². The van der Waals surface area contributed by atoms with Crippen LogP contribution in [0.3, 0.4) is 0 Å². The first kappa shape index (κ1) is 17.1. The Hall–Kier alpha value is -2.70. The van der Waals surface area contributed by atoms with Gasteiger partial charge < -0.3 is 10.2 Å². The maximum atomic E-state index is 12.7. The largest absolute Gasteiger partial charge is 0.330 e. The van der Waals surface area contributed by atoms with E-state index in [0.717, 1.165) is 12.1 Å². The molecule has 1 N–H and O–H groups in total. The number of nitrogens with one attached hydrogen (secondary N) is 1. The van der Waals surface area contributed by atoms with Gasteiger partial charge in [-0.25, -0.2) is 0 Å². The van der Waals surface area contributed by atoms with Crippen molar-refractivity contribution >= 4 is 17.5 Å². The molecule has 0 saturated carbocycles. The Morgan fingerprint density at radius 2 is 2.20 bits per heavy atom. The van der Waals surface area contributed by atoms with Crippen molar-refractivity contribution in [3.05, 3.63) is 42.5 Å². The first-order valence-electron chi connectivity index (χ1n) is 8.57. The second-order valence-corrected chi connectivity index (χ2v) is 6.62. The number of nitrogens with zero attached hydrogens (tertiary/aromatic N) is 4. The van der Waals surface area contributed by atoms with Crippen LogP contribution in [0, 0.1) is 5.92 Å². The Kier molecular flexibility index (Phi) is 5.11. The molecular formula is C18H23N5O2. The van der Waals surface area contributed by atoms with Crippen molar-refractivity contribution in [1.29, 1.82) is 0 Å². The number of amides is 2. The second kappa shape index (κ2) is 7.46. The highest BCUT2D eigenvalue weighted by atomic mass is 16.2. The summed E-state index contributed by atoms with van der Waals surface area (Å²) in [7, 11) is 0. The number of carbonyl (C=O) groups excluding carboxylic acids is 2. The lowest BCUT2D eigenvalue weighted by atomic mass is 10.0. The van der Waals surface area contributed by atoms with Crippen LogP contribution in [0.5, 0.6) is 0 Å². The van der Waals surface area contributed by atoms with Crippen LogP contribution < -0.4 is 5.32 Å². The van der Waals surface area contributed by atoms with Crippen molar-refractivity contribution in [2.24, 2.45) is 5.92 Å². The number of pyridine rings is 1. The third kappa shape index (κ3) is 4.04. The van der Waals surface area contributed by atoms with Gasteiger partial charge >= 0.3 is 0 Å². The van der Waals surface area contributed by atoms with E-state index in [0.29, 0.717) is 25.2 Å². The van der Waals surface area contributed by atoms with Crippen LogP contribution in [-0.4, -0.2) is 44.1 Å². The number of aromatic nitrogens is 3. The van der Waals surface area contributed by atoms with Gasteiger partial charge in [-0.3, -0.25) is 19.3 Å². The first-order valence-corrected chi connectivity index (χ1v) is 8.57. The minimum absolute atomic E-state index is 0.0469. The van der Waals surface area contributed by atoms with Gasteiger partial charge in [0.1, 0.15) is 6.04 Å². The van der Waals surface area contributed by atoms with Gasteiger partial charge in [-0.2, -0.15) is 5.10 Å². The van der Waals surface area contributed by atoms with Gasteiger partial charge in [-0.05, 0) is 24.5 Å². The lowest BCUT2D eigenvalue weighted by molar-refractivity contribution is -0.136. The molecular weight excluding hydrogens is 318 g/mol. The zero-order valence-electron chi connectivity index (χ0n) is 14.6. The Labute approximate surface area is 147 Å². The first-order chi connectivity index (χ1) is 12.0. The van der Waals surface area contributed by atoms with Gasteiger partial charge in [-0.15, -0.1) is 0 Å². The average Bonchev–Trinajstić information content (AvgIpc) is 3.18. The fraction of sp³-hybridized carbons (Fsp3) is 0.444. The molecule has 0 aliphatic carbocycles. The van der Waals surface area contributed by atoms with E-state index in [4.69, 9.17) is 0 Å². The minimum Gasteiger partial charge on any atom is -0.330 e. The number of carbonyl (C=O) groups is 2. The van der Waals surface area contributed by atoms with E-state index in [1.54, 1.807) is 28.2 Å². The van der Waals surface area contributed by atoms with Crippen LogP contribution >= 0.6 is 0 Å². The molecule has 1 aliphatic rings. The fourth-order valence-corrected chi connectivity index (χ4v) is 3.16. The summed E-state index contributed by atoms with van der Waals surface area (Å²) >= 11 is 0. The molecule has 3 heterocycles. The molecule has 25 heavy (non-hydrogen) atoms. The highest BCUT2D eigenvalue weighted by Crippen LogP contribution is 2.20. The summed E-state index contributed by atoms with van der Waals surface area (Å²) in [6.07, 6.45) is 6.47. The van der Waals surface area contributed by atoms with E-state index in [1.165, 1.54) is 0 Å². The molecule has 0 bridgehead atoms. The highest BCUT2D eigenvalue weighted by molar-refractivity contribution is 5.97. The van der Waals surface area contributed by atoms with Gasteiger partial charge in [-0.1, -0.05) is 19.9 Å². The Bertz CT molecular complexity index is 741. The zero-order valence-corrected chi connectivity index (χ0v) is 14.6. The van der Waals surface area contributed by atoms with E-state index in [9.17, 15) is 9.59 Å². The lowest BCUT2D eigenvalue weighted by Gasteiger charge is -2.29. The Morgan fingerprint density at radius 1 is 1.36 bits per heavy atom. The normalized spacial score (nSPS) is 15.6. The summed E-state index contributed by atoms with van der Waals surface area (Å²) in [4.78, 5) is 30.7. The van der Waals surface area contributed by atoms with Crippen LogP contribution in [0.1, 0.15) is 32.4 Å². The van der Waals surface area contributed by atoms with Crippen LogP contribution in [0.2, 0.25) is 0 Å². The summed E-state index contributed by atoms with van der Waals surface area (Å²) in [5.41, 5.74) is 1.52. The maximum absolute atomic E-state index is 12.7. The molecule has 0 spiro atoms. The Balaban J connectivity index is 1.66. The van der Waals surface area contributed by atoms with Gasteiger partial charge in [0, 0.05) is 25.4 Å². The summed E-state index contributed by atoms with van der Waals surface area (Å²) in [6.45, 7) is 5.10. The molecule has 0 aromatic carbocycles. The molecule has 7 heteroatoms. The fourth-order valence-electron chi connectivity index (χ4n) is 3.16. The summed E-state index contributed by atoms with van der Waals surface area (Å²) in [5.74, 6) is -0.0621. The maximum Gasteiger partial charge on any atom is 0.247 e. The molecule has 132 valence electrons. The third-order valence-electron chi connectivity index (χ3n) is 4.30. The third-order valence-corrected chi connectivity index (χ3v) is 4.30. The molecule has 2 aromatic rings.